The van der Waals surface area contributed by atoms with E-state index in [2.05, 4.69) is 5.38 Å². The van der Waals surface area contributed by atoms with Gasteiger partial charge in [-0.2, -0.15) is 0 Å². The van der Waals surface area contributed by atoms with Gasteiger partial charge < -0.3 is 9.84 Å². The Hall–Kier alpha value is -0.540. The van der Waals surface area contributed by atoms with Crippen molar-refractivity contribution in [1.82, 2.24) is 0 Å². The topological polar surface area (TPSA) is 29.5 Å². The number of aliphatic hydroxyl groups is 1. The van der Waals surface area contributed by atoms with Crippen LogP contribution in [-0.4, -0.2) is 18.3 Å². The highest BCUT2D eigenvalue weighted by molar-refractivity contribution is 7.08. The van der Waals surface area contributed by atoms with Crippen molar-refractivity contribution in [3.05, 3.63) is 16.3 Å². The van der Waals surface area contributed by atoms with Crippen LogP contribution in [0.1, 0.15) is 24.3 Å². The minimum absolute atomic E-state index is 0.243. The average Bonchev–Trinajstić information content (AvgIpc) is 2.46. The van der Waals surface area contributed by atoms with Crippen molar-refractivity contribution in [1.29, 1.82) is 0 Å². The summed E-state index contributed by atoms with van der Waals surface area (Å²) in [7, 11) is 0. The number of ether oxygens (including phenoxy) is 1. The minimum Gasteiger partial charge on any atom is -0.492 e. The van der Waals surface area contributed by atoms with Crippen LogP contribution in [0.25, 0.3) is 0 Å². The zero-order valence-electron chi connectivity index (χ0n) is 6.82. The van der Waals surface area contributed by atoms with E-state index >= 15 is 0 Å². The monoisotopic (exact) mass is 184 g/mol. The lowest BCUT2D eigenvalue weighted by atomic mass is 9.98. The molecule has 0 spiro atoms. The van der Waals surface area contributed by atoms with E-state index in [-0.39, 0.29) is 6.61 Å². The SMILES string of the molecule is OCC1CCCOc2cscc21. The number of hydrogen-bond acceptors (Lipinski definition) is 3. The molecule has 3 heteroatoms. The maximum atomic E-state index is 9.13. The van der Waals surface area contributed by atoms with E-state index in [0.29, 0.717) is 5.92 Å². The highest BCUT2D eigenvalue weighted by atomic mass is 32.1. The lowest BCUT2D eigenvalue weighted by Crippen LogP contribution is -2.01. The van der Waals surface area contributed by atoms with Crippen LogP contribution in [0.2, 0.25) is 0 Å². The van der Waals surface area contributed by atoms with Gasteiger partial charge in [-0.3, -0.25) is 0 Å². The Morgan fingerprint density at radius 2 is 2.50 bits per heavy atom. The van der Waals surface area contributed by atoms with Gasteiger partial charge in [-0.1, -0.05) is 0 Å². The molecule has 0 saturated heterocycles. The normalized spacial score (nSPS) is 22.6. The van der Waals surface area contributed by atoms with Gasteiger partial charge in [-0.15, -0.1) is 11.3 Å². The molecule has 2 nitrogen and oxygen atoms in total. The van der Waals surface area contributed by atoms with Gasteiger partial charge in [-0.05, 0) is 18.2 Å². The molecule has 0 amide bonds. The second-order valence-electron chi connectivity index (χ2n) is 3.06. The Labute approximate surface area is 75.8 Å². The lowest BCUT2D eigenvalue weighted by Gasteiger charge is -2.08. The fourth-order valence-corrected chi connectivity index (χ4v) is 2.42. The molecule has 1 aliphatic rings. The lowest BCUT2D eigenvalue weighted by molar-refractivity contribution is 0.257. The Bertz CT molecular complexity index is 257. The summed E-state index contributed by atoms with van der Waals surface area (Å²) in [6.07, 6.45) is 2.09. The Balaban J connectivity index is 2.29. The summed E-state index contributed by atoms with van der Waals surface area (Å²) in [6, 6.07) is 0. The van der Waals surface area contributed by atoms with E-state index in [9.17, 15) is 0 Å². The number of fused-ring (bicyclic) bond motifs is 1. The van der Waals surface area contributed by atoms with Crippen LogP contribution in [-0.2, 0) is 0 Å². The first-order valence-electron chi connectivity index (χ1n) is 4.21. The third-order valence-electron chi connectivity index (χ3n) is 2.27. The number of aliphatic hydroxyl groups excluding tert-OH is 1. The van der Waals surface area contributed by atoms with Crippen molar-refractivity contribution in [3.8, 4) is 5.75 Å². The van der Waals surface area contributed by atoms with Gasteiger partial charge in [0.2, 0.25) is 0 Å². The number of rotatable bonds is 1. The molecule has 1 aromatic rings. The number of thiophene rings is 1. The van der Waals surface area contributed by atoms with Gasteiger partial charge in [0, 0.05) is 16.9 Å². The molecule has 0 bridgehead atoms. The molecule has 2 heterocycles. The molecule has 1 unspecified atom stereocenters. The highest BCUT2D eigenvalue weighted by Gasteiger charge is 2.19. The van der Waals surface area contributed by atoms with E-state index in [4.69, 9.17) is 9.84 Å². The molecule has 0 aromatic carbocycles. The fraction of sp³-hybridized carbons (Fsp3) is 0.556. The summed E-state index contributed by atoms with van der Waals surface area (Å²) < 4.78 is 5.52. The van der Waals surface area contributed by atoms with Crippen LogP contribution in [0.4, 0.5) is 0 Å². The molecule has 0 fully saturated rings. The van der Waals surface area contributed by atoms with Crippen molar-refractivity contribution < 1.29 is 9.84 Å². The van der Waals surface area contributed by atoms with Crippen molar-refractivity contribution in [2.75, 3.05) is 13.2 Å². The quantitative estimate of drug-likeness (QED) is 0.723. The zero-order chi connectivity index (χ0) is 8.39. The predicted molar refractivity (Wildman–Crippen MR) is 48.9 cm³/mol. The molecular weight excluding hydrogens is 172 g/mol. The van der Waals surface area contributed by atoms with Gasteiger partial charge in [0.25, 0.3) is 0 Å². The van der Waals surface area contributed by atoms with Crippen LogP contribution >= 0.6 is 11.3 Å². The predicted octanol–water partition coefficient (Wildman–Crippen LogP) is 2.00. The molecule has 1 aromatic heterocycles. The molecule has 1 N–H and O–H groups in total. The maximum absolute atomic E-state index is 9.13. The van der Waals surface area contributed by atoms with Crippen LogP contribution in [0.3, 0.4) is 0 Å². The van der Waals surface area contributed by atoms with Crippen LogP contribution in [0, 0.1) is 0 Å². The Morgan fingerprint density at radius 1 is 1.58 bits per heavy atom. The van der Waals surface area contributed by atoms with Gasteiger partial charge >= 0.3 is 0 Å². The molecule has 66 valence electrons. The van der Waals surface area contributed by atoms with E-state index in [1.54, 1.807) is 11.3 Å². The van der Waals surface area contributed by atoms with Gasteiger partial charge in [-0.25, -0.2) is 0 Å². The standard InChI is InChI=1S/C9H12O2S/c10-4-7-2-1-3-11-9-6-12-5-8(7)9/h5-7,10H,1-4H2. The molecule has 0 aliphatic carbocycles. The van der Waals surface area contributed by atoms with Crippen LogP contribution in [0.15, 0.2) is 10.8 Å². The first-order valence-corrected chi connectivity index (χ1v) is 5.16. The average molecular weight is 184 g/mol. The molecule has 1 atom stereocenters. The molecule has 1 aliphatic heterocycles. The third kappa shape index (κ3) is 1.34. The molecule has 0 saturated carbocycles. The molecule has 2 rings (SSSR count). The Morgan fingerprint density at radius 3 is 3.33 bits per heavy atom. The summed E-state index contributed by atoms with van der Waals surface area (Å²) in [5.41, 5.74) is 1.19. The first-order chi connectivity index (χ1) is 5.92. The van der Waals surface area contributed by atoms with E-state index in [1.807, 2.05) is 5.38 Å². The van der Waals surface area contributed by atoms with Crippen LogP contribution in [0.5, 0.6) is 5.75 Å². The van der Waals surface area contributed by atoms with Gasteiger partial charge in [0.05, 0.1) is 13.2 Å². The maximum Gasteiger partial charge on any atom is 0.133 e. The summed E-state index contributed by atoms with van der Waals surface area (Å²) in [5.74, 6) is 1.28. The molecular formula is C9H12O2S. The summed E-state index contributed by atoms with van der Waals surface area (Å²) in [4.78, 5) is 0. The molecule has 12 heavy (non-hydrogen) atoms. The summed E-state index contributed by atoms with van der Waals surface area (Å²) in [5, 5.41) is 13.2. The highest BCUT2D eigenvalue weighted by Crippen LogP contribution is 2.35. The van der Waals surface area contributed by atoms with E-state index < -0.39 is 0 Å². The Kier molecular flexibility index (Phi) is 2.33. The van der Waals surface area contributed by atoms with Crippen molar-refractivity contribution in [2.24, 2.45) is 0 Å². The van der Waals surface area contributed by atoms with Crippen molar-refractivity contribution in [3.63, 3.8) is 0 Å². The van der Waals surface area contributed by atoms with E-state index in [1.165, 1.54) is 5.56 Å². The smallest absolute Gasteiger partial charge is 0.133 e. The third-order valence-corrected chi connectivity index (χ3v) is 3.01. The van der Waals surface area contributed by atoms with Crippen molar-refractivity contribution >= 4 is 11.3 Å². The zero-order valence-corrected chi connectivity index (χ0v) is 7.64. The largest absolute Gasteiger partial charge is 0.492 e. The second kappa shape index (κ2) is 3.46. The summed E-state index contributed by atoms with van der Waals surface area (Å²) in [6.45, 7) is 1.04. The fourth-order valence-electron chi connectivity index (χ4n) is 1.57. The summed E-state index contributed by atoms with van der Waals surface area (Å²) >= 11 is 1.65. The van der Waals surface area contributed by atoms with Gasteiger partial charge in [0.1, 0.15) is 5.75 Å². The second-order valence-corrected chi connectivity index (χ2v) is 3.81. The number of hydrogen-bond donors (Lipinski definition) is 1. The van der Waals surface area contributed by atoms with Crippen LogP contribution < -0.4 is 4.74 Å². The van der Waals surface area contributed by atoms with Gasteiger partial charge in [0.15, 0.2) is 0 Å². The van der Waals surface area contributed by atoms with Crippen molar-refractivity contribution in [2.45, 2.75) is 18.8 Å². The molecule has 0 radical (unpaired) electrons. The minimum atomic E-state index is 0.243. The first kappa shape index (κ1) is 8.08. The van der Waals surface area contributed by atoms with E-state index in [0.717, 1.165) is 25.2 Å².